The summed E-state index contributed by atoms with van der Waals surface area (Å²) in [5.74, 6) is -1.28. The van der Waals surface area contributed by atoms with E-state index in [4.69, 9.17) is 4.74 Å². The lowest BCUT2D eigenvalue weighted by molar-refractivity contribution is 0.0473. The molecule has 0 saturated carbocycles. The molecule has 0 aliphatic heterocycles. The van der Waals surface area contributed by atoms with Gasteiger partial charge in [-0.25, -0.2) is 4.79 Å². The maximum absolute atomic E-state index is 12.8. The molecule has 0 aliphatic rings. The largest absolute Gasteiger partial charge is 0.454 e. The van der Waals surface area contributed by atoms with Crippen molar-refractivity contribution in [3.63, 3.8) is 0 Å². The van der Waals surface area contributed by atoms with Gasteiger partial charge in [0.1, 0.15) is 0 Å². The molecule has 30 heavy (non-hydrogen) atoms. The third-order valence-corrected chi connectivity index (χ3v) is 4.83. The van der Waals surface area contributed by atoms with Gasteiger partial charge in [-0.1, -0.05) is 84.9 Å². The van der Waals surface area contributed by atoms with Crippen molar-refractivity contribution in [1.82, 2.24) is 0 Å². The Morgan fingerprint density at radius 1 is 0.600 bits per heavy atom. The summed E-state index contributed by atoms with van der Waals surface area (Å²) in [5, 5.41) is 1.97. The maximum Gasteiger partial charge on any atom is 0.339 e. The number of rotatable bonds is 6. The molecule has 0 saturated heterocycles. The lowest BCUT2D eigenvalue weighted by Crippen LogP contribution is -2.17. The molecule has 0 aliphatic carbocycles. The summed E-state index contributed by atoms with van der Waals surface area (Å²) >= 11 is 0. The monoisotopic (exact) mass is 394 g/mol. The van der Waals surface area contributed by atoms with Crippen molar-refractivity contribution in [3.05, 3.63) is 119 Å². The van der Waals surface area contributed by atoms with E-state index in [9.17, 15) is 14.4 Å². The first-order valence-corrected chi connectivity index (χ1v) is 9.51. The highest BCUT2D eigenvalue weighted by Crippen LogP contribution is 2.18. The zero-order valence-corrected chi connectivity index (χ0v) is 16.1. The lowest BCUT2D eigenvalue weighted by atomic mass is 9.98. The summed E-state index contributed by atoms with van der Waals surface area (Å²) in [7, 11) is 0. The zero-order chi connectivity index (χ0) is 20.9. The molecule has 4 rings (SSSR count). The number of hydrogen-bond acceptors (Lipinski definition) is 4. The van der Waals surface area contributed by atoms with Gasteiger partial charge in [-0.2, -0.15) is 0 Å². The molecule has 0 atom stereocenters. The number of ketones is 2. The molecule has 146 valence electrons. The predicted molar refractivity (Wildman–Crippen MR) is 115 cm³/mol. The number of ether oxygens (including phenoxy) is 1. The Kier molecular flexibility index (Phi) is 5.48. The third-order valence-electron chi connectivity index (χ3n) is 4.83. The maximum atomic E-state index is 12.8. The summed E-state index contributed by atoms with van der Waals surface area (Å²) in [6.07, 6.45) is 0. The Bertz CT molecular complexity index is 1240. The first-order chi connectivity index (χ1) is 14.6. The minimum atomic E-state index is -0.705. The number of Topliss-reactive ketones (excluding diaryl/α,β-unsaturated/α-hetero) is 1. The van der Waals surface area contributed by atoms with Crippen molar-refractivity contribution in [2.24, 2.45) is 0 Å². The number of fused-ring (bicyclic) bond motifs is 1. The van der Waals surface area contributed by atoms with Crippen molar-refractivity contribution in [3.8, 4) is 0 Å². The number of hydrogen-bond donors (Lipinski definition) is 0. The quantitative estimate of drug-likeness (QED) is 0.337. The second-order valence-electron chi connectivity index (χ2n) is 6.80. The van der Waals surface area contributed by atoms with Gasteiger partial charge in [0.05, 0.1) is 5.56 Å². The standard InChI is InChI=1S/C26H18O4/c27-24(21-15-14-18-8-4-5-11-20(18)16-21)17-30-26(29)23-13-7-6-12-22(23)25(28)19-9-2-1-3-10-19/h1-16H,17H2. The molecule has 4 aromatic carbocycles. The Morgan fingerprint density at radius 3 is 2.00 bits per heavy atom. The summed E-state index contributed by atoms with van der Waals surface area (Å²) in [4.78, 5) is 37.9. The fraction of sp³-hybridized carbons (Fsp3) is 0.0385. The smallest absolute Gasteiger partial charge is 0.339 e. The van der Waals surface area contributed by atoms with Crippen LogP contribution >= 0.6 is 0 Å². The Morgan fingerprint density at radius 2 is 1.23 bits per heavy atom. The topological polar surface area (TPSA) is 60.4 Å². The average molecular weight is 394 g/mol. The van der Waals surface area contributed by atoms with E-state index >= 15 is 0 Å². The van der Waals surface area contributed by atoms with Gasteiger partial charge in [-0.05, 0) is 22.9 Å². The first kappa shape index (κ1) is 19.3. The van der Waals surface area contributed by atoms with Crippen LogP contribution in [0.3, 0.4) is 0 Å². The van der Waals surface area contributed by atoms with Gasteiger partial charge in [-0.15, -0.1) is 0 Å². The van der Waals surface area contributed by atoms with Crippen LogP contribution in [-0.4, -0.2) is 24.1 Å². The summed E-state index contributed by atoms with van der Waals surface area (Å²) in [5.41, 5.74) is 1.32. The summed E-state index contributed by atoms with van der Waals surface area (Å²) < 4.78 is 5.24. The van der Waals surface area contributed by atoms with E-state index in [0.29, 0.717) is 11.1 Å². The number of benzene rings is 4. The molecule has 4 nitrogen and oxygen atoms in total. The van der Waals surface area contributed by atoms with Gasteiger partial charge < -0.3 is 4.74 Å². The number of carbonyl (C=O) groups excluding carboxylic acids is 3. The van der Waals surface area contributed by atoms with Crippen LogP contribution in [0.5, 0.6) is 0 Å². The van der Waals surface area contributed by atoms with Gasteiger partial charge >= 0.3 is 5.97 Å². The molecule has 0 amide bonds. The van der Waals surface area contributed by atoms with Crippen LogP contribution in [0.25, 0.3) is 10.8 Å². The van der Waals surface area contributed by atoms with Crippen molar-refractivity contribution in [1.29, 1.82) is 0 Å². The summed E-state index contributed by atoms with van der Waals surface area (Å²) in [6, 6.07) is 28.2. The van der Waals surface area contributed by atoms with Gasteiger partial charge in [-0.3, -0.25) is 9.59 Å². The van der Waals surface area contributed by atoms with E-state index < -0.39 is 12.6 Å². The van der Waals surface area contributed by atoms with Crippen LogP contribution in [0.15, 0.2) is 97.1 Å². The zero-order valence-electron chi connectivity index (χ0n) is 16.1. The number of carbonyl (C=O) groups is 3. The molecule has 4 aromatic rings. The van der Waals surface area contributed by atoms with E-state index in [1.54, 1.807) is 54.6 Å². The third kappa shape index (κ3) is 4.03. The molecule has 0 radical (unpaired) electrons. The molecule has 0 aromatic heterocycles. The Balaban J connectivity index is 1.50. The molecule has 0 N–H and O–H groups in total. The van der Waals surface area contributed by atoms with E-state index in [1.807, 2.05) is 36.4 Å². The normalized spacial score (nSPS) is 10.5. The van der Waals surface area contributed by atoms with Gasteiger partial charge in [0.25, 0.3) is 0 Å². The van der Waals surface area contributed by atoms with Crippen molar-refractivity contribution >= 4 is 28.3 Å². The SMILES string of the molecule is O=C(COC(=O)c1ccccc1C(=O)c1ccccc1)c1ccc2ccccc2c1. The lowest BCUT2D eigenvalue weighted by Gasteiger charge is -2.09. The van der Waals surface area contributed by atoms with Crippen LogP contribution in [0.2, 0.25) is 0 Å². The fourth-order valence-electron chi connectivity index (χ4n) is 3.26. The molecule has 0 spiro atoms. The molecule has 0 unspecified atom stereocenters. The van der Waals surface area contributed by atoms with E-state index in [2.05, 4.69) is 0 Å². The number of esters is 1. The second kappa shape index (κ2) is 8.53. The van der Waals surface area contributed by atoms with E-state index in [1.165, 1.54) is 6.07 Å². The molecular weight excluding hydrogens is 376 g/mol. The van der Waals surface area contributed by atoms with Crippen molar-refractivity contribution in [2.75, 3.05) is 6.61 Å². The van der Waals surface area contributed by atoms with Crippen LogP contribution < -0.4 is 0 Å². The van der Waals surface area contributed by atoms with Crippen molar-refractivity contribution in [2.45, 2.75) is 0 Å². The molecular formula is C26H18O4. The predicted octanol–water partition coefficient (Wildman–Crippen LogP) is 5.11. The minimum Gasteiger partial charge on any atom is -0.454 e. The van der Waals surface area contributed by atoms with Crippen LogP contribution in [0.1, 0.15) is 36.6 Å². The van der Waals surface area contributed by atoms with Gasteiger partial charge in [0.2, 0.25) is 0 Å². The van der Waals surface area contributed by atoms with Crippen LogP contribution in [-0.2, 0) is 4.74 Å². The van der Waals surface area contributed by atoms with Crippen LogP contribution in [0, 0.1) is 0 Å². The second-order valence-corrected chi connectivity index (χ2v) is 6.80. The minimum absolute atomic E-state index is 0.137. The Hall–Kier alpha value is -4.05. The van der Waals surface area contributed by atoms with E-state index in [-0.39, 0.29) is 22.7 Å². The molecule has 4 heteroatoms. The Labute approximate surface area is 173 Å². The fourth-order valence-corrected chi connectivity index (χ4v) is 3.26. The van der Waals surface area contributed by atoms with E-state index in [0.717, 1.165) is 10.8 Å². The molecule has 0 heterocycles. The highest BCUT2D eigenvalue weighted by atomic mass is 16.5. The van der Waals surface area contributed by atoms with Gasteiger partial charge in [0.15, 0.2) is 18.2 Å². The van der Waals surface area contributed by atoms with Crippen LogP contribution in [0.4, 0.5) is 0 Å². The summed E-state index contributed by atoms with van der Waals surface area (Å²) in [6.45, 7) is -0.398. The van der Waals surface area contributed by atoms with Gasteiger partial charge in [0, 0.05) is 16.7 Å². The van der Waals surface area contributed by atoms with Crippen molar-refractivity contribution < 1.29 is 19.1 Å². The average Bonchev–Trinajstić information content (AvgIpc) is 2.82. The highest BCUT2D eigenvalue weighted by molar-refractivity contribution is 6.14. The molecule has 0 bridgehead atoms. The first-order valence-electron chi connectivity index (χ1n) is 9.51. The highest BCUT2D eigenvalue weighted by Gasteiger charge is 2.20. The molecule has 0 fully saturated rings.